The van der Waals surface area contributed by atoms with Crippen LogP contribution < -0.4 is 5.32 Å². The van der Waals surface area contributed by atoms with Crippen molar-refractivity contribution >= 4 is 16.6 Å². The monoisotopic (exact) mass is 243 g/mol. The standard InChI is InChI=1S/C15H21N3/c1-2-4-6-12(5-3-1)10-16-14-7-8-15-13(9-14)11-17-18-15/h7-9,11-12,16H,1-6,10H2,(H,17,18). The van der Waals surface area contributed by atoms with Gasteiger partial charge in [0.2, 0.25) is 0 Å². The minimum atomic E-state index is 0.854. The maximum Gasteiger partial charge on any atom is 0.0651 e. The molecule has 0 saturated heterocycles. The Morgan fingerprint density at radius 1 is 1.17 bits per heavy atom. The number of rotatable bonds is 3. The lowest BCUT2D eigenvalue weighted by molar-refractivity contribution is 0.483. The van der Waals surface area contributed by atoms with Crippen molar-refractivity contribution in [3.8, 4) is 0 Å². The van der Waals surface area contributed by atoms with E-state index in [1.807, 2.05) is 6.20 Å². The largest absolute Gasteiger partial charge is 0.385 e. The molecule has 1 aromatic heterocycles. The number of fused-ring (bicyclic) bond motifs is 1. The number of hydrogen-bond acceptors (Lipinski definition) is 2. The molecule has 0 spiro atoms. The third kappa shape index (κ3) is 2.66. The maximum absolute atomic E-state index is 4.05. The molecule has 1 heterocycles. The van der Waals surface area contributed by atoms with Crippen LogP contribution >= 0.6 is 0 Å². The fourth-order valence-corrected chi connectivity index (χ4v) is 2.88. The van der Waals surface area contributed by atoms with Gasteiger partial charge in [-0.3, -0.25) is 5.10 Å². The van der Waals surface area contributed by atoms with Crippen LogP contribution in [0.15, 0.2) is 24.4 Å². The van der Waals surface area contributed by atoms with Crippen molar-refractivity contribution in [1.29, 1.82) is 0 Å². The second-order valence-corrected chi connectivity index (χ2v) is 5.41. The zero-order valence-corrected chi connectivity index (χ0v) is 10.8. The van der Waals surface area contributed by atoms with E-state index in [9.17, 15) is 0 Å². The molecule has 1 aromatic carbocycles. The molecule has 3 rings (SSSR count). The van der Waals surface area contributed by atoms with E-state index in [-0.39, 0.29) is 0 Å². The number of benzene rings is 1. The van der Waals surface area contributed by atoms with E-state index in [1.165, 1.54) is 49.6 Å². The fraction of sp³-hybridized carbons (Fsp3) is 0.533. The molecule has 0 radical (unpaired) electrons. The predicted molar refractivity (Wildman–Crippen MR) is 75.8 cm³/mol. The molecule has 0 aliphatic heterocycles. The highest BCUT2D eigenvalue weighted by atomic mass is 15.1. The van der Waals surface area contributed by atoms with Crippen LogP contribution in [0.5, 0.6) is 0 Å². The van der Waals surface area contributed by atoms with Gasteiger partial charge in [-0.15, -0.1) is 0 Å². The molecular formula is C15H21N3. The van der Waals surface area contributed by atoms with Gasteiger partial charge in [0.25, 0.3) is 0 Å². The van der Waals surface area contributed by atoms with E-state index in [4.69, 9.17) is 0 Å². The summed E-state index contributed by atoms with van der Waals surface area (Å²) < 4.78 is 0. The van der Waals surface area contributed by atoms with E-state index < -0.39 is 0 Å². The first-order valence-electron chi connectivity index (χ1n) is 7.09. The van der Waals surface area contributed by atoms with Gasteiger partial charge in [0.1, 0.15) is 0 Å². The van der Waals surface area contributed by atoms with Crippen molar-refractivity contribution < 1.29 is 0 Å². The van der Waals surface area contributed by atoms with Crippen LogP contribution in [-0.2, 0) is 0 Å². The summed E-state index contributed by atoms with van der Waals surface area (Å²) in [5.74, 6) is 0.854. The molecule has 18 heavy (non-hydrogen) atoms. The van der Waals surface area contributed by atoms with Gasteiger partial charge in [-0.2, -0.15) is 5.10 Å². The minimum absolute atomic E-state index is 0.854. The summed E-state index contributed by atoms with van der Waals surface area (Å²) in [6.07, 6.45) is 10.3. The summed E-state index contributed by atoms with van der Waals surface area (Å²) in [6, 6.07) is 6.41. The highest BCUT2D eigenvalue weighted by Crippen LogP contribution is 2.24. The number of H-pyrrole nitrogens is 1. The molecule has 96 valence electrons. The molecule has 0 unspecified atom stereocenters. The summed E-state index contributed by atoms with van der Waals surface area (Å²) in [5, 5.41) is 11.8. The number of aromatic amines is 1. The minimum Gasteiger partial charge on any atom is -0.385 e. The van der Waals surface area contributed by atoms with Gasteiger partial charge in [0.05, 0.1) is 11.7 Å². The van der Waals surface area contributed by atoms with Crippen LogP contribution in [0, 0.1) is 5.92 Å². The first-order chi connectivity index (χ1) is 8.92. The summed E-state index contributed by atoms with van der Waals surface area (Å²) in [5.41, 5.74) is 2.32. The molecule has 1 aliphatic carbocycles. The van der Waals surface area contributed by atoms with Crippen molar-refractivity contribution in [3.05, 3.63) is 24.4 Å². The van der Waals surface area contributed by atoms with Gasteiger partial charge >= 0.3 is 0 Å². The number of nitrogens with zero attached hydrogens (tertiary/aromatic N) is 1. The van der Waals surface area contributed by atoms with Crippen LogP contribution in [0.4, 0.5) is 5.69 Å². The molecule has 1 saturated carbocycles. The van der Waals surface area contributed by atoms with Crippen molar-refractivity contribution in [2.75, 3.05) is 11.9 Å². The first kappa shape index (κ1) is 11.6. The highest BCUT2D eigenvalue weighted by molar-refractivity contribution is 5.81. The third-order valence-corrected chi connectivity index (χ3v) is 4.01. The van der Waals surface area contributed by atoms with Crippen LogP contribution in [0.3, 0.4) is 0 Å². The lowest BCUT2D eigenvalue weighted by Gasteiger charge is -2.15. The number of aromatic nitrogens is 2. The second-order valence-electron chi connectivity index (χ2n) is 5.41. The Morgan fingerprint density at radius 2 is 2.00 bits per heavy atom. The number of hydrogen-bond donors (Lipinski definition) is 2. The molecule has 0 amide bonds. The predicted octanol–water partition coefficient (Wildman–Crippen LogP) is 3.95. The topological polar surface area (TPSA) is 40.7 Å². The Balaban J connectivity index is 1.61. The van der Waals surface area contributed by atoms with Crippen molar-refractivity contribution in [2.24, 2.45) is 5.92 Å². The molecule has 2 aromatic rings. The van der Waals surface area contributed by atoms with E-state index >= 15 is 0 Å². The SMILES string of the molecule is c1cc2[nH]ncc2cc1NCC1CCCCCC1. The number of nitrogens with one attached hydrogen (secondary N) is 2. The van der Waals surface area contributed by atoms with Crippen LogP contribution in [-0.4, -0.2) is 16.7 Å². The van der Waals surface area contributed by atoms with Crippen LogP contribution in [0.2, 0.25) is 0 Å². The van der Waals surface area contributed by atoms with Crippen LogP contribution in [0.25, 0.3) is 10.9 Å². The van der Waals surface area contributed by atoms with E-state index in [0.29, 0.717) is 0 Å². The van der Waals surface area contributed by atoms with Gasteiger partial charge in [0.15, 0.2) is 0 Å². The summed E-state index contributed by atoms with van der Waals surface area (Å²) in [4.78, 5) is 0. The Bertz CT molecular complexity index is 495. The van der Waals surface area contributed by atoms with Gasteiger partial charge in [-0.1, -0.05) is 25.7 Å². The van der Waals surface area contributed by atoms with Crippen LogP contribution in [0.1, 0.15) is 38.5 Å². The first-order valence-corrected chi connectivity index (χ1v) is 7.09. The Kier molecular flexibility index (Phi) is 3.49. The Labute approximate surface area is 108 Å². The maximum atomic E-state index is 4.05. The van der Waals surface area contributed by atoms with E-state index in [1.54, 1.807) is 0 Å². The van der Waals surface area contributed by atoms with Crippen molar-refractivity contribution in [2.45, 2.75) is 38.5 Å². The van der Waals surface area contributed by atoms with Gasteiger partial charge in [-0.05, 0) is 37.0 Å². The molecule has 3 nitrogen and oxygen atoms in total. The molecule has 1 fully saturated rings. The summed E-state index contributed by atoms with van der Waals surface area (Å²) in [7, 11) is 0. The van der Waals surface area contributed by atoms with E-state index in [2.05, 4.69) is 33.7 Å². The molecule has 0 atom stereocenters. The van der Waals surface area contributed by atoms with Crippen molar-refractivity contribution in [3.63, 3.8) is 0 Å². The quantitative estimate of drug-likeness (QED) is 0.801. The third-order valence-electron chi connectivity index (χ3n) is 4.01. The summed E-state index contributed by atoms with van der Waals surface area (Å²) in [6.45, 7) is 1.11. The molecule has 2 N–H and O–H groups in total. The average molecular weight is 243 g/mol. The average Bonchev–Trinajstić information content (AvgIpc) is 2.70. The van der Waals surface area contributed by atoms with Gasteiger partial charge in [0, 0.05) is 17.6 Å². The Hall–Kier alpha value is -1.51. The highest BCUT2D eigenvalue weighted by Gasteiger charge is 2.11. The normalized spacial score (nSPS) is 17.8. The fourth-order valence-electron chi connectivity index (χ4n) is 2.88. The second kappa shape index (κ2) is 5.42. The molecule has 1 aliphatic rings. The molecule has 3 heteroatoms. The molecular weight excluding hydrogens is 222 g/mol. The molecule has 0 bridgehead atoms. The van der Waals surface area contributed by atoms with Gasteiger partial charge in [-0.25, -0.2) is 0 Å². The number of anilines is 1. The lowest BCUT2D eigenvalue weighted by atomic mass is 10.0. The van der Waals surface area contributed by atoms with E-state index in [0.717, 1.165) is 18.0 Å². The zero-order chi connectivity index (χ0) is 12.2. The smallest absolute Gasteiger partial charge is 0.0651 e. The van der Waals surface area contributed by atoms with Crippen molar-refractivity contribution in [1.82, 2.24) is 10.2 Å². The lowest BCUT2D eigenvalue weighted by Crippen LogP contribution is -2.13. The summed E-state index contributed by atoms with van der Waals surface area (Å²) >= 11 is 0. The van der Waals surface area contributed by atoms with Gasteiger partial charge < -0.3 is 5.32 Å². The Morgan fingerprint density at radius 3 is 2.83 bits per heavy atom. The zero-order valence-electron chi connectivity index (χ0n) is 10.8.